The van der Waals surface area contributed by atoms with Crippen molar-refractivity contribution in [2.45, 2.75) is 6.92 Å². The highest BCUT2D eigenvalue weighted by Gasteiger charge is 2.11. The van der Waals surface area contributed by atoms with E-state index in [0.29, 0.717) is 6.29 Å². The van der Waals surface area contributed by atoms with Crippen LogP contribution in [0.1, 0.15) is 17.3 Å². The van der Waals surface area contributed by atoms with Gasteiger partial charge in [0.05, 0.1) is 12.2 Å². The molecule has 17 heavy (non-hydrogen) atoms. The molecule has 0 aliphatic rings. The van der Waals surface area contributed by atoms with Gasteiger partial charge in [-0.2, -0.15) is 9.97 Å². The summed E-state index contributed by atoms with van der Waals surface area (Å²) in [4.78, 5) is 29.3. The van der Waals surface area contributed by atoms with E-state index in [9.17, 15) is 9.59 Å². The number of carbonyl (C=O) groups excluding carboxylic acids is 2. The lowest BCUT2D eigenvalue weighted by atomic mass is 10.3. The topological polar surface area (TPSA) is 133 Å². The Kier molecular flexibility index (Phi) is 4.21. The van der Waals surface area contributed by atoms with Crippen LogP contribution in [-0.4, -0.2) is 35.4 Å². The lowest BCUT2D eigenvalue weighted by molar-refractivity contribution is -0.140. The number of esters is 1. The average Bonchev–Trinajstić information content (AvgIpc) is 2.26. The van der Waals surface area contributed by atoms with Crippen LogP contribution in [0.5, 0.6) is 0 Å². The van der Waals surface area contributed by atoms with Crippen molar-refractivity contribution in [3.05, 3.63) is 5.56 Å². The molecule has 1 aromatic rings. The van der Waals surface area contributed by atoms with Gasteiger partial charge in [0.2, 0.25) is 5.95 Å². The number of carbonyl (C=O) groups is 2. The van der Waals surface area contributed by atoms with Crippen molar-refractivity contribution in [2.75, 3.05) is 29.9 Å². The maximum Gasteiger partial charge on any atom is 0.325 e. The number of aromatic nitrogens is 2. The summed E-state index contributed by atoms with van der Waals surface area (Å²) in [6, 6.07) is 0. The molecule has 0 saturated heterocycles. The molecule has 0 bridgehead atoms. The van der Waals surface area contributed by atoms with Crippen LogP contribution in [-0.2, 0) is 9.53 Å². The molecule has 0 aromatic carbocycles. The summed E-state index contributed by atoms with van der Waals surface area (Å²) in [6.45, 7) is 1.83. The Bertz CT molecular complexity index is 435. The molecule has 0 amide bonds. The lowest BCUT2D eigenvalue weighted by Crippen LogP contribution is -2.19. The molecule has 0 unspecified atom stereocenters. The molecule has 92 valence electrons. The van der Waals surface area contributed by atoms with Gasteiger partial charge in [0.25, 0.3) is 0 Å². The highest BCUT2D eigenvalue weighted by atomic mass is 16.5. The zero-order valence-electron chi connectivity index (χ0n) is 9.27. The van der Waals surface area contributed by atoms with Crippen LogP contribution < -0.4 is 16.8 Å². The van der Waals surface area contributed by atoms with Crippen LogP contribution in [0.2, 0.25) is 0 Å². The van der Waals surface area contributed by atoms with Crippen LogP contribution in [0, 0.1) is 0 Å². The molecule has 5 N–H and O–H groups in total. The quantitative estimate of drug-likeness (QED) is 0.459. The number of hydrogen-bond donors (Lipinski definition) is 3. The predicted octanol–water partition coefficient (Wildman–Crippen LogP) is -0.571. The van der Waals surface area contributed by atoms with E-state index in [4.69, 9.17) is 16.2 Å². The fourth-order valence-electron chi connectivity index (χ4n) is 1.12. The normalized spacial score (nSPS) is 9.71. The zero-order valence-corrected chi connectivity index (χ0v) is 9.27. The van der Waals surface area contributed by atoms with Gasteiger partial charge in [0.1, 0.15) is 18.2 Å². The second-order valence-corrected chi connectivity index (χ2v) is 3.01. The third kappa shape index (κ3) is 3.30. The Morgan fingerprint density at radius 1 is 1.47 bits per heavy atom. The number of nitrogens with two attached hydrogens (primary N) is 2. The minimum atomic E-state index is -0.472. The molecule has 0 spiro atoms. The maximum absolute atomic E-state index is 11.1. The van der Waals surface area contributed by atoms with Gasteiger partial charge >= 0.3 is 5.97 Å². The second-order valence-electron chi connectivity index (χ2n) is 3.01. The van der Waals surface area contributed by atoms with Gasteiger partial charge in [-0.3, -0.25) is 9.59 Å². The first-order valence-corrected chi connectivity index (χ1v) is 4.86. The summed E-state index contributed by atoms with van der Waals surface area (Å²) in [7, 11) is 0. The Morgan fingerprint density at radius 2 is 2.18 bits per heavy atom. The monoisotopic (exact) mass is 239 g/mol. The molecular weight excluding hydrogens is 226 g/mol. The van der Waals surface area contributed by atoms with E-state index in [0.717, 1.165) is 0 Å². The van der Waals surface area contributed by atoms with Crippen molar-refractivity contribution in [3.8, 4) is 0 Å². The van der Waals surface area contributed by atoms with Gasteiger partial charge in [-0.1, -0.05) is 0 Å². The largest absolute Gasteiger partial charge is 0.465 e. The Hall–Kier alpha value is -2.38. The molecule has 1 heterocycles. The number of aldehydes is 1. The first-order valence-electron chi connectivity index (χ1n) is 4.86. The molecule has 0 aliphatic heterocycles. The summed E-state index contributed by atoms with van der Waals surface area (Å²) in [5.41, 5.74) is 10.9. The summed E-state index contributed by atoms with van der Waals surface area (Å²) >= 11 is 0. The molecule has 0 atom stereocenters. The number of hydrogen-bond acceptors (Lipinski definition) is 8. The van der Waals surface area contributed by atoms with Gasteiger partial charge in [0, 0.05) is 0 Å². The number of rotatable bonds is 5. The molecule has 0 fully saturated rings. The molecule has 8 nitrogen and oxygen atoms in total. The highest BCUT2D eigenvalue weighted by Crippen LogP contribution is 2.16. The van der Waals surface area contributed by atoms with Gasteiger partial charge in [-0.15, -0.1) is 0 Å². The summed E-state index contributed by atoms with van der Waals surface area (Å²) in [5.74, 6) is -0.489. The van der Waals surface area contributed by atoms with Crippen molar-refractivity contribution < 1.29 is 14.3 Å². The van der Waals surface area contributed by atoms with E-state index >= 15 is 0 Å². The van der Waals surface area contributed by atoms with E-state index in [1.807, 2.05) is 0 Å². The summed E-state index contributed by atoms with van der Waals surface area (Å²) in [5, 5.41) is 2.61. The van der Waals surface area contributed by atoms with Crippen molar-refractivity contribution in [3.63, 3.8) is 0 Å². The highest BCUT2D eigenvalue weighted by molar-refractivity contribution is 5.90. The number of nitrogens with zero attached hydrogens (tertiary/aromatic N) is 2. The summed E-state index contributed by atoms with van der Waals surface area (Å²) < 4.78 is 4.70. The van der Waals surface area contributed by atoms with Crippen molar-refractivity contribution in [1.29, 1.82) is 0 Å². The number of ether oxygens (including phenoxy) is 1. The zero-order chi connectivity index (χ0) is 12.8. The van der Waals surface area contributed by atoms with E-state index in [2.05, 4.69) is 15.3 Å². The standard InChI is InChI=1S/C9H13N5O3/c1-2-17-6(16)3-12-8-5(4-15)7(10)13-9(11)14-8/h4H,2-3H2,1H3,(H5,10,11,12,13,14). The molecule has 0 aliphatic carbocycles. The first-order chi connectivity index (χ1) is 8.08. The van der Waals surface area contributed by atoms with Gasteiger partial charge in [-0.05, 0) is 6.92 Å². The van der Waals surface area contributed by atoms with E-state index in [1.54, 1.807) is 6.92 Å². The predicted molar refractivity (Wildman–Crippen MR) is 61.4 cm³/mol. The Labute approximate surface area is 97.4 Å². The van der Waals surface area contributed by atoms with Crippen LogP contribution in [0.15, 0.2) is 0 Å². The average molecular weight is 239 g/mol. The molecular formula is C9H13N5O3. The van der Waals surface area contributed by atoms with Crippen molar-refractivity contribution in [1.82, 2.24) is 9.97 Å². The molecule has 1 aromatic heterocycles. The van der Waals surface area contributed by atoms with Gasteiger partial charge in [0.15, 0.2) is 6.29 Å². The smallest absolute Gasteiger partial charge is 0.325 e. The molecule has 1 rings (SSSR count). The minimum Gasteiger partial charge on any atom is -0.465 e. The van der Waals surface area contributed by atoms with Crippen LogP contribution in [0.4, 0.5) is 17.6 Å². The van der Waals surface area contributed by atoms with Gasteiger partial charge in [-0.25, -0.2) is 0 Å². The summed E-state index contributed by atoms with van der Waals surface area (Å²) in [6.07, 6.45) is 0.488. The fourth-order valence-corrected chi connectivity index (χ4v) is 1.12. The van der Waals surface area contributed by atoms with Gasteiger partial charge < -0.3 is 21.5 Å². The number of nitrogen functional groups attached to an aromatic ring is 2. The fraction of sp³-hybridized carbons (Fsp3) is 0.333. The van der Waals surface area contributed by atoms with E-state index in [1.165, 1.54) is 0 Å². The molecule has 8 heteroatoms. The third-order valence-electron chi connectivity index (χ3n) is 1.82. The maximum atomic E-state index is 11.1. The van der Waals surface area contributed by atoms with Crippen LogP contribution in [0.25, 0.3) is 0 Å². The second kappa shape index (κ2) is 5.64. The Balaban J connectivity index is 2.83. The molecule has 0 saturated carbocycles. The minimum absolute atomic E-state index is 0.0427. The van der Waals surface area contributed by atoms with E-state index < -0.39 is 5.97 Å². The molecule has 0 radical (unpaired) electrons. The number of anilines is 3. The third-order valence-corrected chi connectivity index (χ3v) is 1.82. The first kappa shape index (κ1) is 12.7. The van der Waals surface area contributed by atoms with Crippen molar-refractivity contribution >= 4 is 29.8 Å². The van der Waals surface area contributed by atoms with Crippen LogP contribution >= 0.6 is 0 Å². The van der Waals surface area contributed by atoms with Crippen LogP contribution in [0.3, 0.4) is 0 Å². The number of nitrogens with one attached hydrogen (secondary N) is 1. The SMILES string of the molecule is CCOC(=O)CNc1nc(N)nc(N)c1C=O. The van der Waals surface area contributed by atoms with Crippen molar-refractivity contribution in [2.24, 2.45) is 0 Å². The Morgan fingerprint density at radius 3 is 2.76 bits per heavy atom. The van der Waals surface area contributed by atoms with E-state index in [-0.39, 0.29) is 36.3 Å². The lowest BCUT2D eigenvalue weighted by Gasteiger charge is -2.09.